The van der Waals surface area contributed by atoms with Gasteiger partial charge in [-0.1, -0.05) is 54.6 Å². The predicted octanol–water partition coefficient (Wildman–Crippen LogP) is 6.12. The molecule has 3 aromatic carbocycles. The molecule has 0 N–H and O–H groups in total. The zero-order valence-electron chi connectivity index (χ0n) is 14.4. The van der Waals surface area contributed by atoms with E-state index < -0.39 is 0 Å². The van der Waals surface area contributed by atoms with Crippen molar-refractivity contribution in [3.05, 3.63) is 71.8 Å². The lowest BCUT2D eigenvalue weighted by atomic mass is 10.0. The first-order valence-electron chi connectivity index (χ1n) is 8.69. The van der Waals surface area contributed by atoms with Crippen molar-refractivity contribution in [2.75, 3.05) is 0 Å². The van der Waals surface area contributed by atoms with Crippen LogP contribution in [0.1, 0.15) is 31.9 Å². The molecule has 5 rings (SSSR count). The van der Waals surface area contributed by atoms with Gasteiger partial charge in [-0.2, -0.15) is 0 Å². The van der Waals surface area contributed by atoms with Crippen LogP contribution in [0.5, 0.6) is 0 Å². The molecule has 1 heteroatoms. The summed E-state index contributed by atoms with van der Waals surface area (Å²) in [5.41, 5.74) is 8.55. The number of hydrogen-bond acceptors (Lipinski definition) is 0. The first-order valence-corrected chi connectivity index (χ1v) is 8.69. The van der Waals surface area contributed by atoms with Gasteiger partial charge >= 0.3 is 0 Å². The maximum absolute atomic E-state index is 2.54. The summed E-state index contributed by atoms with van der Waals surface area (Å²) in [6.45, 7) is 6.92. The highest BCUT2D eigenvalue weighted by Crippen LogP contribution is 2.44. The molecule has 0 saturated heterocycles. The highest BCUT2D eigenvalue weighted by atomic mass is 15.0. The minimum Gasteiger partial charge on any atom is -0.335 e. The van der Waals surface area contributed by atoms with Crippen LogP contribution in [0, 0.1) is 0 Å². The zero-order chi connectivity index (χ0) is 16.5. The number of benzene rings is 3. The van der Waals surface area contributed by atoms with Gasteiger partial charge in [-0.3, -0.25) is 0 Å². The van der Waals surface area contributed by atoms with Crippen molar-refractivity contribution < 1.29 is 0 Å². The van der Waals surface area contributed by atoms with E-state index in [4.69, 9.17) is 0 Å². The molecule has 1 aromatic heterocycles. The largest absolute Gasteiger partial charge is 0.335 e. The molecule has 0 unspecified atom stereocenters. The molecule has 1 heterocycles. The van der Waals surface area contributed by atoms with Crippen LogP contribution in [0.25, 0.3) is 32.9 Å². The molecule has 0 atom stereocenters. The normalized spacial score (nSPS) is 13.5. The second-order valence-corrected chi connectivity index (χ2v) is 7.85. The van der Waals surface area contributed by atoms with Crippen molar-refractivity contribution >= 4 is 21.8 Å². The van der Waals surface area contributed by atoms with Gasteiger partial charge in [0.25, 0.3) is 0 Å². The second-order valence-electron chi connectivity index (χ2n) is 7.85. The number of aromatic nitrogens is 1. The van der Waals surface area contributed by atoms with Crippen LogP contribution in [0.15, 0.2) is 60.7 Å². The summed E-state index contributed by atoms with van der Waals surface area (Å²) < 4.78 is 2.54. The van der Waals surface area contributed by atoms with Gasteiger partial charge in [-0.15, -0.1) is 0 Å². The molecule has 0 amide bonds. The van der Waals surface area contributed by atoms with Crippen molar-refractivity contribution in [3.8, 4) is 11.1 Å². The van der Waals surface area contributed by atoms with E-state index in [0.717, 1.165) is 6.42 Å². The van der Waals surface area contributed by atoms with Crippen LogP contribution in [0.4, 0.5) is 0 Å². The first-order chi connectivity index (χ1) is 11.6. The smallest absolute Gasteiger partial charge is 0.0538 e. The Bertz CT molecular complexity index is 1110. The fraction of sp³-hybridized carbons (Fsp3) is 0.217. The van der Waals surface area contributed by atoms with E-state index >= 15 is 0 Å². The molecule has 0 fully saturated rings. The fourth-order valence-electron chi connectivity index (χ4n) is 4.38. The number of para-hydroxylation sites is 1. The third kappa shape index (κ3) is 1.70. The molecule has 0 aliphatic heterocycles. The molecular weight excluding hydrogens is 290 g/mol. The molecule has 0 spiro atoms. The van der Waals surface area contributed by atoms with Crippen LogP contribution in [-0.4, -0.2) is 4.57 Å². The van der Waals surface area contributed by atoms with Gasteiger partial charge in [0.15, 0.2) is 0 Å². The first kappa shape index (κ1) is 13.9. The van der Waals surface area contributed by atoms with Crippen LogP contribution >= 0.6 is 0 Å². The lowest BCUT2D eigenvalue weighted by molar-refractivity contribution is 0.423. The zero-order valence-corrected chi connectivity index (χ0v) is 14.4. The van der Waals surface area contributed by atoms with E-state index in [1.807, 2.05) is 0 Å². The van der Waals surface area contributed by atoms with Crippen molar-refractivity contribution in [1.29, 1.82) is 0 Å². The summed E-state index contributed by atoms with van der Waals surface area (Å²) in [6, 6.07) is 22.3. The highest BCUT2D eigenvalue weighted by molar-refractivity contribution is 6.11. The standard InChI is InChI=1S/C23H21N/c1-23(2,3)24-21-11-7-6-10-18(21)19-13-12-17-16-9-5-4-8-15(16)14-20(17)22(19)24/h4-13H,14H2,1-3H3. The Labute approximate surface area is 142 Å². The molecule has 1 aliphatic rings. The lowest BCUT2D eigenvalue weighted by Crippen LogP contribution is -2.21. The molecular formula is C23H21N. The summed E-state index contributed by atoms with van der Waals surface area (Å²) in [4.78, 5) is 0. The second kappa shape index (κ2) is 4.51. The van der Waals surface area contributed by atoms with Gasteiger partial charge < -0.3 is 4.57 Å². The number of rotatable bonds is 0. The van der Waals surface area contributed by atoms with Crippen LogP contribution in [-0.2, 0) is 12.0 Å². The lowest BCUT2D eigenvalue weighted by Gasteiger charge is -2.25. The van der Waals surface area contributed by atoms with Crippen molar-refractivity contribution in [1.82, 2.24) is 4.57 Å². The molecule has 24 heavy (non-hydrogen) atoms. The summed E-state index contributed by atoms with van der Waals surface area (Å²) in [6.07, 6.45) is 1.04. The average molecular weight is 311 g/mol. The molecule has 0 saturated carbocycles. The monoisotopic (exact) mass is 311 g/mol. The number of hydrogen-bond donors (Lipinski definition) is 0. The Kier molecular flexibility index (Phi) is 2.60. The van der Waals surface area contributed by atoms with Crippen molar-refractivity contribution in [3.63, 3.8) is 0 Å². The van der Waals surface area contributed by atoms with Crippen LogP contribution in [0.3, 0.4) is 0 Å². The van der Waals surface area contributed by atoms with E-state index in [1.54, 1.807) is 0 Å². The third-order valence-corrected chi connectivity index (χ3v) is 5.29. The van der Waals surface area contributed by atoms with Gasteiger partial charge in [0.05, 0.1) is 5.52 Å². The van der Waals surface area contributed by atoms with E-state index in [-0.39, 0.29) is 5.54 Å². The minimum absolute atomic E-state index is 0.0469. The Hall–Kier alpha value is -2.54. The van der Waals surface area contributed by atoms with E-state index in [2.05, 4.69) is 86.0 Å². The average Bonchev–Trinajstić information content (AvgIpc) is 3.10. The highest BCUT2D eigenvalue weighted by Gasteiger charge is 2.27. The summed E-state index contributed by atoms with van der Waals surface area (Å²) in [7, 11) is 0. The topological polar surface area (TPSA) is 4.93 Å². The van der Waals surface area contributed by atoms with Crippen LogP contribution < -0.4 is 0 Å². The number of nitrogens with zero attached hydrogens (tertiary/aromatic N) is 1. The third-order valence-electron chi connectivity index (χ3n) is 5.29. The predicted molar refractivity (Wildman–Crippen MR) is 103 cm³/mol. The van der Waals surface area contributed by atoms with E-state index in [9.17, 15) is 0 Å². The van der Waals surface area contributed by atoms with Gasteiger partial charge in [-0.25, -0.2) is 0 Å². The maximum Gasteiger partial charge on any atom is 0.0538 e. The SMILES string of the molecule is CC(C)(C)n1c2ccccc2c2ccc3c(c21)Cc1ccccc1-3. The molecule has 1 aliphatic carbocycles. The summed E-state index contributed by atoms with van der Waals surface area (Å²) in [5, 5.41) is 2.74. The van der Waals surface area contributed by atoms with E-state index in [1.165, 1.54) is 44.1 Å². The van der Waals surface area contributed by atoms with Gasteiger partial charge in [0.1, 0.15) is 0 Å². The molecule has 4 aromatic rings. The van der Waals surface area contributed by atoms with Gasteiger partial charge in [-0.05, 0) is 49.1 Å². The Morgan fingerprint density at radius 2 is 1.50 bits per heavy atom. The maximum atomic E-state index is 2.54. The van der Waals surface area contributed by atoms with Crippen LogP contribution in [0.2, 0.25) is 0 Å². The fourth-order valence-corrected chi connectivity index (χ4v) is 4.38. The summed E-state index contributed by atoms with van der Waals surface area (Å²) in [5.74, 6) is 0. The summed E-state index contributed by atoms with van der Waals surface area (Å²) >= 11 is 0. The quantitative estimate of drug-likeness (QED) is 0.324. The van der Waals surface area contributed by atoms with Gasteiger partial charge in [0, 0.05) is 28.2 Å². The number of fused-ring (bicyclic) bond motifs is 7. The Balaban J connectivity index is 1.99. The molecule has 118 valence electrons. The van der Waals surface area contributed by atoms with E-state index in [0.29, 0.717) is 0 Å². The molecule has 0 radical (unpaired) electrons. The van der Waals surface area contributed by atoms with Gasteiger partial charge in [0.2, 0.25) is 0 Å². The minimum atomic E-state index is 0.0469. The molecule has 1 nitrogen and oxygen atoms in total. The van der Waals surface area contributed by atoms with Crippen molar-refractivity contribution in [2.24, 2.45) is 0 Å². The van der Waals surface area contributed by atoms with Crippen molar-refractivity contribution in [2.45, 2.75) is 32.7 Å². The Morgan fingerprint density at radius 1 is 0.750 bits per heavy atom. The molecule has 0 bridgehead atoms. The Morgan fingerprint density at radius 3 is 2.33 bits per heavy atom.